The molecular weight excluding hydrogens is 288 g/mol. The van der Waals surface area contributed by atoms with Crippen molar-refractivity contribution in [2.75, 3.05) is 18.0 Å². The second-order valence-corrected chi connectivity index (χ2v) is 5.78. The largest absolute Gasteiger partial charge is 0.493 e. The molecule has 0 radical (unpaired) electrons. The Labute approximate surface area is 134 Å². The van der Waals surface area contributed by atoms with E-state index in [0.29, 0.717) is 5.69 Å². The van der Waals surface area contributed by atoms with Crippen LogP contribution in [0.1, 0.15) is 12.8 Å². The molecule has 116 valence electrons. The lowest BCUT2D eigenvalue weighted by molar-refractivity contribution is 0.459. The first-order chi connectivity index (χ1) is 11.3. The fraction of sp³-hybridized carbons (Fsp3) is 0.222. The molecule has 0 saturated carbocycles. The number of azo groups is 1. The van der Waals surface area contributed by atoms with Crippen molar-refractivity contribution in [2.45, 2.75) is 12.8 Å². The minimum atomic E-state index is 0.0539. The molecule has 0 amide bonds. The third-order valence-corrected chi connectivity index (χ3v) is 4.23. The number of aromatic hydroxyl groups is 1. The summed E-state index contributed by atoms with van der Waals surface area (Å²) in [5.74, 6) is 0.0539. The number of anilines is 1. The van der Waals surface area contributed by atoms with Gasteiger partial charge in [0.2, 0.25) is 5.88 Å². The number of H-pyrrole nitrogens is 1. The molecule has 23 heavy (non-hydrogen) atoms. The highest BCUT2D eigenvalue weighted by Crippen LogP contribution is 2.38. The molecule has 4 rings (SSSR count). The van der Waals surface area contributed by atoms with Crippen LogP contribution in [0, 0.1) is 0 Å². The molecule has 1 aliphatic heterocycles. The van der Waals surface area contributed by atoms with Gasteiger partial charge in [0.15, 0.2) is 5.69 Å². The minimum Gasteiger partial charge on any atom is -0.493 e. The zero-order chi connectivity index (χ0) is 15.6. The fourth-order valence-electron chi connectivity index (χ4n) is 3.03. The van der Waals surface area contributed by atoms with Gasteiger partial charge in [-0.25, -0.2) is 0 Å². The number of aromatic amines is 1. The first-order valence-corrected chi connectivity index (χ1v) is 7.88. The lowest BCUT2D eigenvalue weighted by atomic mass is 10.2. The summed E-state index contributed by atoms with van der Waals surface area (Å²) in [4.78, 5) is 5.37. The van der Waals surface area contributed by atoms with Crippen molar-refractivity contribution >= 4 is 28.0 Å². The van der Waals surface area contributed by atoms with Crippen molar-refractivity contribution in [3.05, 3.63) is 48.5 Å². The van der Waals surface area contributed by atoms with E-state index in [1.54, 1.807) is 0 Å². The van der Waals surface area contributed by atoms with Crippen molar-refractivity contribution in [2.24, 2.45) is 10.2 Å². The summed E-state index contributed by atoms with van der Waals surface area (Å²) in [5.41, 5.74) is 3.31. The number of benzene rings is 2. The Morgan fingerprint density at radius 1 is 0.957 bits per heavy atom. The predicted molar refractivity (Wildman–Crippen MR) is 92.0 cm³/mol. The van der Waals surface area contributed by atoms with Gasteiger partial charge in [0.05, 0.1) is 11.2 Å². The van der Waals surface area contributed by atoms with Crippen molar-refractivity contribution in [1.82, 2.24) is 4.98 Å². The molecule has 0 unspecified atom stereocenters. The van der Waals surface area contributed by atoms with E-state index in [4.69, 9.17) is 0 Å². The van der Waals surface area contributed by atoms with Crippen LogP contribution in [0.4, 0.5) is 17.1 Å². The van der Waals surface area contributed by atoms with Crippen LogP contribution < -0.4 is 4.90 Å². The third kappa shape index (κ3) is 2.65. The molecule has 0 aliphatic carbocycles. The summed E-state index contributed by atoms with van der Waals surface area (Å²) in [5, 5.41) is 19.4. The number of aromatic nitrogens is 1. The Morgan fingerprint density at radius 2 is 1.74 bits per heavy atom. The Balaban J connectivity index is 1.70. The molecule has 1 saturated heterocycles. The number of nitrogens with zero attached hydrogens (tertiary/aromatic N) is 3. The monoisotopic (exact) mass is 306 g/mol. The van der Waals surface area contributed by atoms with E-state index in [0.717, 1.165) is 29.7 Å². The van der Waals surface area contributed by atoms with Crippen molar-refractivity contribution < 1.29 is 5.11 Å². The van der Waals surface area contributed by atoms with Gasteiger partial charge >= 0.3 is 0 Å². The molecule has 2 heterocycles. The van der Waals surface area contributed by atoms with E-state index in [1.807, 2.05) is 36.4 Å². The summed E-state index contributed by atoms with van der Waals surface area (Å²) in [7, 11) is 0. The highest BCUT2D eigenvalue weighted by Gasteiger charge is 2.15. The van der Waals surface area contributed by atoms with Gasteiger partial charge in [0.25, 0.3) is 0 Å². The number of hydrogen-bond donors (Lipinski definition) is 2. The molecule has 5 heteroatoms. The van der Waals surface area contributed by atoms with Crippen LogP contribution in [0.5, 0.6) is 5.88 Å². The Hall–Kier alpha value is -2.82. The Kier molecular flexibility index (Phi) is 3.46. The SMILES string of the molecule is Oc1[nH]c2cc(N3CCCC3)ccc2c1N=Nc1ccccc1. The molecule has 1 fully saturated rings. The molecular formula is C18H18N4O. The first-order valence-electron chi connectivity index (χ1n) is 7.88. The van der Waals surface area contributed by atoms with Crippen molar-refractivity contribution in [3.63, 3.8) is 0 Å². The Morgan fingerprint density at radius 3 is 2.52 bits per heavy atom. The maximum absolute atomic E-state index is 10.1. The maximum atomic E-state index is 10.1. The number of hydrogen-bond acceptors (Lipinski definition) is 4. The van der Waals surface area contributed by atoms with E-state index in [9.17, 15) is 5.11 Å². The average molecular weight is 306 g/mol. The highest BCUT2D eigenvalue weighted by atomic mass is 16.3. The lowest BCUT2D eigenvalue weighted by Crippen LogP contribution is -2.17. The average Bonchev–Trinajstić information content (AvgIpc) is 3.21. The molecule has 1 aliphatic rings. The van der Waals surface area contributed by atoms with Gasteiger partial charge in [-0.15, -0.1) is 5.11 Å². The summed E-state index contributed by atoms with van der Waals surface area (Å²) in [6.45, 7) is 2.19. The second kappa shape index (κ2) is 5.76. The van der Waals surface area contributed by atoms with E-state index < -0.39 is 0 Å². The van der Waals surface area contributed by atoms with Gasteiger partial charge in [-0.2, -0.15) is 5.11 Å². The maximum Gasteiger partial charge on any atom is 0.218 e. The smallest absolute Gasteiger partial charge is 0.218 e. The molecule has 2 N–H and O–H groups in total. The molecule has 2 aromatic carbocycles. The topological polar surface area (TPSA) is 64.0 Å². The Bertz CT molecular complexity index is 848. The molecule has 0 spiro atoms. The van der Waals surface area contributed by atoms with Gasteiger partial charge in [0, 0.05) is 24.2 Å². The summed E-state index contributed by atoms with van der Waals surface area (Å²) >= 11 is 0. The molecule has 3 aromatic rings. The summed E-state index contributed by atoms with van der Waals surface area (Å²) in [6, 6.07) is 15.7. The van der Waals surface area contributed by atoms with Crippen LogP contribution in [-0.4, -0.2) is 23.2 Å². The van der Waals surface area contributed by atoms with E-state index in [-0.39, 0.29) is 5.88 Å². The van der Waals surface area contributed by atoms with Gasteiger partial charge in [-0.05, 0) is 43.2 Å². The third-order valence-electron chi connectivity index (χ3n) is 4.23. The van der Waals surface area contributed by atoms with E-state index in [1.165, 1.54) is 18.5 Å². The van der Waals surface area contributed by atoms with Crippen LogP contribution in [0.2, 0.25) is 0 Å². The summed E-state index contributed by atoms with van der Waals surface area (Å²) in [6.07, 6.45) is 2.48. The van der Waals surface area contributed by atoms with Gasteiger partial charge in [0.1, 0.15) is 0 Å². The van der Waals surface area contributed by atoms with Crippen molar-refractivity contribution in [1.29, 1.82) is 0 Å². The van der Waals surface area contributed by atoms with Crippen molar-refractivity contribution in [3.8, 4) is 5.88 Å². The lowest BCUT2D eigenvalue weighted by Gasteiger charge is -2.17. The zero-order valence-corrected chi connectivity index (χ0v) is 12.7. The predicted octanol–water partition coefficient (Wildman–Crippen LogP) is 4.89. The van der Waals surface area contributed by atoms with Gasteiger partial charge < -0.3 is 15.0 Å². The van der Waals surface area contributed by atoms with E-state index in [2.05, 4.69) is 32.2 Å². The van der Waals surface area contributed by atoms with Crippen LogP contribution >= 0.6 is 0 Å². The zero-order valence-electron chi connectivity index (χ0n) is 12.7. The standard InChI is InChI=1S/C18H18N4O/c23-18-17(21-20-13-6-2-1-3-7-13)15-9-8-14(12-16(15)19-18)22-10-4-5-11-22/h1-3,6-9,12,19,23H,4-5,10-11H2. The summed E-state index contributed by atoms with van der Waals surface area (Å²) < 4.78 is 0. The number of nitrogens with one attached hydrogen (secondary N) is 1. The normalized spacial score (nSPS) is 15.0. The molecule has 5 nitrogen and oxygen atoms in total. The number of fused-ring (bicyclic) bond motifs is 1. The van der Waals surface area contributed by atoms with Gasteiger partial charge in [-0.1, -0.05) is 18.2 Å². The molecule has 1 aromatic heterocycles. The fourth-order valence-corrected chi connectivity index (χ4v) is 3.03. The van der Waals surface area contributed by atoms with Crippen LogP contribution in [0.3, 0.4) is 0 Å². The van der Waals surface area contributed by atoms with Crippen LogP contribution in [-0.2, 0) is 0 Å². The van der Waals surface area contributed by atoms with Crippen LogP contribution in [0.25, 0.3) is 10.9 Å². The minimum absolute atomic E-state index is 0.0539. The van der Waals surface area contributed by atoms with Gasteiger partial charge in [-0.3, -0.25) is 0 Å². The molecule has 0 bridgehead atoms. The highest BCUT2D eigenvalue weighted by molar-refractivity contribution is 5.96. The van der Waals surface area contributed by atoms with Crippen LogP contribution in [0.15, 0.2) is 58.8 Å². The molecule has 0 atom stereocenters. The second-order valence-electron chi connectivity index (χ2n) is 5.78. The number of rotatable bonds is 3. The quantitative estimate of drug-likeness (QED) is 0.677. The van der Waals surface area contributed by atoms with E-state index >= 15 is 0 Å². The first kappa shape index (κ1) is 13.8.